The van der Waals surface area contributed by atoms with Gasteiger partial charge in [-0.2, -0.15) is 0 Å². The maximum absolute atomic E-state index is 13.8. The number of aliphatic hydroxyl groups is 1. The number of ether oxygens (including phenoxy) is 3. The van der Waals surface area contributed by atoms with Crippen molar-refractivity contribution < 1.29 is 33.3 Å². The number of anilines is 1. The van der Waals surface area contributed by atoms with Gasteiger partial charge in [0.05, 0.1) is 48.0 Å². The van der Waals surface area contributed by atoms with Crippen LogP contribution in [0.4, 0.5) is 9.52 Å². The van der Waals surface area contributed by atoms with Crippen LogP contribution in [0.25, 0.3) is 10.2 Å². The predicted molar refractivity (Wildman–Crippen MR) is 134 cm³/mol. The van der Waals surface area contributed by atoms with Gasteiger partial charge in [-0.1, -0.05) is 17.4 Å². The van der Waals surface area contributed by atoms with Gasteiger partial charge in [0.25, 0.3) is 5.91 Å². The van der Waals surface area contributed by atoms with Gasteiger partial charge in [-0.05, 0) is 47.3 Å². The van der Waals surface area contributed by atoms with E-state index >= 15 is 0 Å². The summed E-state index contributed by atoms with van der Waals surface area (Å²) >= 11 is 2.27. The highest BCUT2D eigenvalue weighted by atomic mass is 32.1. The molecule has 0 fully saturated rings. The predicted octanol–water partition coefficient (Wildman–Crippen LogP) is 5.31. The lowest BCUT2D eigenvalue weighted by Crippen LogP contribution is -2.31. The normalized spacial score (nSPS) is 15.6. The lowest BCUT2D eigenvalue weighted by molar-refractivity contribution is -0.117. The highest BCUT2D eigenvalue weighted by Crippen LogP contribution is 2.48. The molecule has 11 heteroatoms. The lowest BCUT2D eigenvalue weighted by atomic mass is 9.95. The Hall–Kier alpha value is -3.96. The van der Waals surface area contributed by atoms with Crippen molar-refractivity contribution in [1.82, 2.24) is 4.98 Å². The number of Topliss-reactive ketones (excluding diaryl/α,β-unsaturated/α-hetero) is 1. The largest absolute Gasteiger partial charge is 0.503 e. The van der Waals surface area contributed by atoms with Gasteiger partial charge in [-0.3, -0.25) is 14.5 Å². The molecule has 4 aromatic rings. The van der Waals surface area contributed by atoms with Crippen molar-refractivity contribution in [1.29, 1.82) is 0 Å². The number of carbonyl (C=O) groups is 2. The Kier molecular flexibility index (Phi) is 6.10. The molecule has 1 atom stereocenters. The third-order valence-electron chi connectivity index (χ3n) is 5.75. The van der Waals surface area contributed by atoms with E-state index < -0.39 is 29.3 Å². The van der Waals surface area contributed by atoms with E-state index in [9.17, 15) is 19.1 Å². The van der Waals surface area contributed by atoms with E-state index in [0.29, 0.717) is 37.9 Å². The van der Waals surface area contributed by atoms with Gasteiger partial charge in [-0.15, -0.1) is 11.3 Å². The minimum absolute atomic E-state index is 0.109. The maximum atomic E-state index is 13.8. The summed E-state index contributed by atoms with van der Waals surface area (Å²) in [6.45, 7) is 0. The third kappa shape index (κ3) is 3.76. The molecule has 0 saturated heterocycles. The molecular weight excluding hydrogens is 507 g/mol. The Morgan fingerprint density at radius 3 is 2.42 bits per heavy atom. The van der Waals surface area contributed by atoms with Crippen LogP contribution in [0.1, 0.15) is 21.3 Å². The number of halogens is 1. The Balaban J connectivity index is 1.74. The van der Waals surface area contributed by atoms with E-state index in [0.717, 1.165) is 11.3 Å². The number of benzene rings is 2. The number of thiazole rings is 1. The van der Waals surface area contributed by atoms with Gasteiger partial charge >= 0.3 is 0 Å². The average molecular weight is 527 g/mol. The zero-order valence-electron chi connectivity index (χ0n) is 19.3. The molecule has 184 valence electrons. The molecule has 2 aromatic carbocycles. The molecule has 5 rings (SSSR count). The van der Waals surface area contributed by atoms with Gasteiger partial charge in [0.1, 0.15) is 5.82 Å². The van der Waals surface area contributed by atoms with Crippen molar-refractivity contribution in [3.63, 3.8) is 0 Å². The molecule has 1 aliphatic rings. The van der Waals surface area contributed by atoms with Gasteiger partial charge in [-0.25, -0.2) is 9.37 Å². The molecule has 0 radical (unpaired) electrons. The van der Waals surface area contributed by atoms with Crippen LogP contribution in [0.2, 0.25) is 0 Å². The summed E-state index contributed by atoms with van der Waals surface area (Å²) in [5.41, 5.74) is 0.791. The summed E-state index contributed by atoms with van der Waals surface area (Å²) in [6, 6.07) is 9.58. The number of carbonyl (C=O) groups excluding carboxylic acids is 2. The molecule has 2 aromatic heterocycles. The van der Waals surface area contributed by atoms with Crippen LogP contribution in [0.3, 0.4) is 0 Å². The van der Waals surface area contributed by atoms with E-state index in [1.807, 2.05) is 0 Å². The number of aliphatic hydroxyl groups excluding tert-OH is 1. The maximum Gasteiger partial charge on any atom is 0.296 e. The second-order valence-electron chi connectivity index (χ2n) is 7.71. The van der Waals surface area contributed by atoms with Crippen LogP contribution in [0, 0.1) is 5.82 Å². The Morgan fingerprint density at radius 2 is 1.81 bits per heavy atom. The second kappa shape index (κ2) is 9.25. The topological polar surface area (TPSA) is 98.2 Å². The average Bonchev–Trinajstić information content (AvgIpc) is 3.61. The van der Waals surface area contributed by atoms with Gasteiger partial charge in [0.15, 0.2) is 22.4 Å². The molecule has 0 bridgehead atoms. The monoisotopic (exact) mass is 526 g/mol. The van der Waals surface area contributed by atoms with Crippen molar-refractivity contribution >= 4 is 49.7 Å². The van der Waals surface area contributed by atoms with Gasteiger partial charge in [0, 0.05) is 0 Å². The van der Waals surface area contributed by atoms with E-state index in [1.54, 1.807) is 29.6 Å². The molecule has 0 saturated carbocycles. The molecule has 3 heterocycles. The van der Waals surface area contributed by atoms with Crippen molar-refractivity contribution in [3.05, 3.63) is 75.4 Å². The van der Waals surface area contributed by atoms with Crippen LogP contribution in [-0.4, -0.2) is 43.1 Å². The first-order valence-corrected chi connectivity index (χ1v) is 12.3. The van der Waals surface area contributed by atoms with Crippen molar-refractivity contribution in [2.24, 2.45) is 0 Å². The molecule has 0 aliphatic carbocycles. The van der Waals surface area contributed by atoms with Crippen LogP contribution in [0.15, 0.2) is 59.2 Å². The van der Waals surface area contributed by atoms with Crippen LogP contribution in [0.5, 0.6) is 17.2 Å². The molecule has 1 aliphatic heterocycles. The number of methoxy groups -OCH3 is 3. The summed E-state index contributed by atoms with van der Waals surface area (Å²) in [7, 11) is 4.36. The second-order valence-corrected chi connectivity index (χ2v) is 9.67. The Bertz CT molecular complexity index is 1500. The standard InChI is InChI=1S/C25H19FN2O6S2/c1-32-15-9-12(10-16(33-2)23(15)34-3)20-19(21(29)17-5-4-8-35-17)22(30)24(31)28(20)25-27-14-7-6-13(26)11-18(14)36-25/h4-11,20,30H,1-3H3. The van der Waals surface area contributed by atoms with Crippen LogP contribution < -0.4 is 19.1 Å². The molecule has 1 amide bonds. The van der Waals surface area contributed by atoms with Crippen molar-refractivity contribution in [3.8, 4) is 17.2 Å². The number of amides is 1. The van der Waals surface area contributed by atoms with Gasteiger partial charge in [0.2, 0.25) is 11.5 Å². The zero-order chi connectivity index (χ0) is 25.6. The Labute approximate surface area is 212 Å². The fourth-order valence-electron chi connectivity index (χ4n) is 4.14. The van der Waals surface area contributed by atoms with Gasteiger partial charge < -0.3 is 19.3 Å². The summed E-state index contributed by atoms with van der Waals surface area (Å²) < 4.78 is 30.7. The summed E-state index contributed by atoms with van der Waals surface area (Å²) in [6.07, 6.45) is 0. The fourth-order valence-corrected chi connectivity index (χ4v) is 5.83. The fraction of sp³-hybridized carbons (Fsp3) is 0.160. The zero-order valence-corrected chi connectivity index (χ0v) is 20.9. The highest BCUT2D eigenvalue weighted by Gasteiger charge is 2.46. The molecule has 1 unspecified atom stereocenters. The number of hydrogen-bond acceptors (Lipinski definition) is 9. The van der Waals surface area contributed by atoms with Crippen molar-refractivity contribution in [2.75, 3.05) is 26.2 Å². The quantitative estimate of drug-likeness (QED) is 0.326. The first kappa shape index (κ1) is 23.8. The first-order valence-electron chi connectivity index (χ1n) is 10.6. The van der Waals surface area contributed by atoms with E-state index in [4.69, 9.17) is 14.2 Å². The minimum Gasteiger partial charge on any atom is -0.503 e. The number of rotatable bonds is 7. The molecule has 36 heavy (non-hydrogen) atoms. The molecular formula is C25H19FN2O6S2. The van der Waals surface area contributed by atoms with E-state index in [1.165, 1.54) is 55.8 Å². The van der Waals surface area contributed by atoms with Crippen LogP contribution in [-0.2, 0) is 4.79 Å². The summed E-state index contributed by atoms with van der Waals surface area (Å²) in [5.74, 6) is -1.48. The number of ketones is 1. The highest BCUT2D eigenvalue weighted by molar-refractivity contribution is 7.22. The van der Waals surface area contributed by atoms with E-state index in [2.05, 4.69) is 4.98 Å². The van der Waals surface area contributed by atoms with E-state index in [-0.39, 0.29) is 10.7 Å². The molecule has 8 nitrogen and oxygen atoms in total. The number of aromatic nitrogens is 1. The minimum atomic E-state index is -1.06. The first-order chi connectivity index (χ1) is 17.4. The molecule has 0 spiro atoms. The summed E-state index contributed by atoms with van der Waals surface area (Å²) in [5, 5.41) is 12.9. The van der Waals surface area contributed by atoms with Crippen LogP contribution >= 0.6 is 22.7 Å². The molecule has 1 N–H and O–H groups in total. The number of nitrogens with zero attached hydrogens (tertiary/aromatic N) is 2. The summed E-state index contributed by atoms with van der Waals surface area (Å²) in [4.78, 5) is 33.0. The third-order valence-corrected chi connectivity index (χ3v) is 7.63. The van der Waals surface area contributed by atoms with Crippen molar-refractivity contribution in [2.45, 2.75) is 6.04 Å². The number of thiophene rings is 1. The Morgan fingerprint density at radius 1 is 1.08 bits per heavy atom. The number of fused-ring (bicyclic) bond motifs is 1. The smallest absolute Gasteiger partial charge is 0.296 e. The SMILES string of the molecule is COc1cc(C2C(C(=O)c3cccs3)=C(O)C(=O)N2c2nc3ccc(F)cc3s2)cc(OC)c1OC. The lowest BCUT2D eigenvalue weighted by Gasteiger charge is -2.25. The number of hydrogen-bond donors (Lipinski definition) is 1.